The van der Waals surface area contributed by atoms with Gasteiger partial charge in [-0.3, -0.25) is 9.13 Å². The van der Waals surface area contributed by atoms with Crippen LogP contribution < -0.4 is 37.5 Å². The average Bonchev–Trinajstić information content (AvgIpc) is 3.90. The number of hydrogen-bond donors (Lipinski definition) is 0. The van der Waals surface area contributed by atoms with Crippen LogP contribution in [0.4, 0.5) is 0 Å². The SMILES string of the molecule is Cc1cccc(C)c1B1c2ccccc2B(c2c(C)cccc2C)c2c(Oc3ccc4c5ccccc5n(-c5ccccn5)c4c3)cc(-c3nccn3-c3c(C)cccc3C)cc21. The topological polar surface area (TPSA) is 44.9 Å². The van der Waals surface area contributed by atoms with E-state index in [4.69, 9.17) is 14.7 Å². The molecule has 0 aliphatic carbocycles. The highest BCUT2D eigenvalue weighted by molar-refractivity contribution is 7.12. The predicted molar refractivity (Wildman–Crippen MR) is 265 cm³/mol. The molecule has 4 heterocycles. The van der Waals surface area contributed by atoms with Crippen LogP contribution in [0.3, 0.4) is 0 Å². The summed E-state index contributed by atoms with van der Waals surface area (Å²) in [5.74, 6) is 3.30. The first-order valence-corrected chi connectivity index (χ1v) is 21.9. The van der Waals surface area contributed by atoms with Gasteiger partial charge >= 0.3 is 0 Å². The molecule has 3 aromatic heterocycles. The lowest BCUT2D eigenvalue weighted by Crippen LogP contribution is -2.76. The Kier molecular flexibility index (Phi) is 9.31. The maximum absolute atomic E-state index is 7.52. The van der Waals surface area contributed by atoms with Crippen molar-refractivity contribution < 1.29 is 4.74 Å². The van der Waals surface area contributed by atoms with E-state index < -0.39 is 0 Å². The first-order chi connectivity index (χ1) is 30.8. The maximum atomic E-state index is 7.52. The zero-order chi connectivity index (χ0) is 42.9. The number of pyridine rings is 1. The second-order valence-corrected chi connectivity index (χ2v) is 17.3. The van der Waals surface area contributed by atoms with Crippen LogP contribution in [0.5, 0.6) is 11.5 Å². The van der Waals surface area contributed by atoms with Crippen molar-refractivity contribution in [2.75, 3.05) is 0 Å². The van der Waals surface area contributed by atoms with E-state index >= 15 is 0 Å². The molecule has 0 saturated carbocycles. The minimum absolute atomic E-state index is 0.0574. The Morgan fingerprint density at radius 1 is 0.460 bits per heavy atom. The third-order valence-corrected chi connectivity index (χ3v) is 13.4. The van der Waals surface area contributed by atoms with E-state index in [9.17, 15) is 0 Å². The second kappa shape index (κ2) is 15.2. The van der Waals surface area contributed by atoms with Gasteiger partial charge in [0.05, 0.1) is 16.7 Å². The summed E-state index contributed by atoms with van der Waals surface area (Å²) in [7, 11) is 0. The van der Waals surface area contributed by atoms with E-state index in [1.165, 1.54) is 71.5 Å². The van der Waals surface area contributed by atoms with Gasteiger partial charge in [0.25, 0.3) is 0 Å². The Balaban J connectivity index is 1.23. The molecule has 0 bridgehead atoms. The van der Waals surface area contributed by atoms with Crippen molar-refractivity contribution in [3.8, 4) is 34.4 Å². The summed E-state index contributed by atoms with van der Waals surface area (Å²) < 4.78 is 12.0. The molecule has 0 atom stereocenters. The predicted octanol–water partition coefficient (Wildman–Crippen LogP) is 9.02. The van der Waals surface area contributed by atoms with Crippen molar-refractivity contribution in [3.63, 3.8) is 0 Å². The van der Waals surface area contributed by atoms with Crippen LogP contribution in [0.15, 0.2) is 170 Å². The van der Waals surface area contributed by atoms with Crippen LogP contribution in [0, 0.1) is 41.5 Å². The van der Waals surface area contributed by atoms with E-state index in [-0.39, 0.29) is 13.4 Å². The number of imidazole rings is 1. The van der Waals surface area contributed by atoms with Crippen LogP contribution >= 0.6 is 0 Å². The molecule has 5 nitrogen and oxygen atoms in total. The lowest BCUT2D eigenvalue weighted by atomic mass is 9.20. The summed E-state index contributed by atoms with van der Waals surface area (Å²) in [4.78, 5) is 9.96. The van der Waals surface area contributed by atoms with Gasteiger partial charge in [-0.2, -0.15) is 0 Å². The van der Waals surface area contributed by atoms with Crippen LogP contribution in [-0.4, -0.2) is 32.5 Å². The summed E-state index contributed by atoms with van der Waals surface area (Å²) >= 11 is 0. The van der Waals surface area contributed by atoms with Gasteiger partial charge < -0.3 is 4.74 Å². The van der Waals surface area contributed by atoms with Crippen LogP contribution in [0.25, 0.3) is 44.7 Å². The highest BCUT2D eigenvalue weighted by Gasteiger charge is 2.43. The molecule has 302 valence electrons. The van der Waals surface area contributed by atoms with Crippen molar-refractivity contribution in [3.05, 3.63) is 204 Å². The minimum atomic E-state index is -0.0934. The Bertz CT molecular complexity index is 3360. The standard InChI is InChI=1S/C56H46B2N4O/c1-35-16-13-17-36(2)52(35)57-45-23-8-9-24-46(45)58(53-37(3)18-14-19-38(53)4)54-47(57)32-41(56-60-30-31-61(56)55-39(5)20-15-21-40(55)6)33-50(54)63-42-27-28-44-43-22-7-10-25-48(43)62(49(44)34-42)51-26-11-12-29-59-51/h7-34H,1-6H3. The summed E-state index contributed by atoms with van der Waals surface area (Å²) in [5, 5.41) is 2.32. The number of aromatic nitrogens is 4. The third-order valence-electron chi connectivity index (χ3n) is 13.4. The van der Waals surface area contributed by atoms with Crippen molar-refractivity contribution in [1.29, 1.82) is 0 Å². The highest BCUT2D eigenvalue weighted by Crippen LogP contribution is 2.36. The number of fused-ring (bicyclic) bond motifs is 5. The number of para-hydroxylation sites is 2. The smallest absolute Gasteiger partial charge is 0.245 e. The number of benzene rings is 7. The Morgan fingerprint density at radius 2 is 1.06 bits per heavy atom. The fourth-order valence-electron chi connectivity index (χ4n) is 10.7. The molecule has 1 aliphatic rings. The van der Waals surface area contributed by atoms with Gasteiger partial charge in [-0.25, -0.2) is 9.97 Å². The van der Waals surface area contributed by atoms with Gasteiger partial charge in [0.15, 0.2) is 0 Å². The number of hydrogen-bond acceptors (Lipinski definition) is 3. The molecule has 11 rings (SSSR count). The zero-order valence-electron chi connectivity index (χ0n) is 36.5. The number of ether oxygens (including phenoxy) is 1. The number of aryl methyl sites for hydroxylation is 6. The van der Waals surface area contributed by atoms with E-state index in [0.717, 1.165) is 50.8 Å². The lowest BCUT2D eigenvalue weighted by Gasteiger charge is -2.36. The normalized spacial score (nSPS) is 12.2. The van der Waals surface area contributed by atoms with Crippen molar-refractivity contribution in [1.82, 2.24) is 19.1 Å². The molecular weight excluding hydrogens is 766 g/mol. The second-order valence-electron chi connectivity index (χ2n) is 17.3. The summed E-state index contributed by atoms with van der Waals surface area (Å²) in [6.45, 7) is 13.2. The monoisotopic (exact) mass is 812 g/mol. The molecule has 0 N–H and O–H groups in total. The van der Waals surface area contributed by atoms with E-state index in [2.05, 4.69) is 196 Å². The molecule has 0 amide bonds. The third kappa shape index (κ3) is 6.25. The van der Waals surface area contributed by atoms with E-state index in [0.29, 0.717) is 0 Å². The molecule has 0 unspecified atom stereocenters. The summed E-state index contributed by atoms with van der Waals surface area (Å²) in [5.41, 5.74) is 19.4. The molecule has 7 aromatic carbocycles. The van der Waals surface area contributed by atoms with Crippen LogP contribution in [0.2, 0.25) is 0 Å². The molecular formula is C56H46B2N4O. The first-order valence-electron chi connectivity index (χ1n) is 21.9. The maximum Gasteiger partial charge on any atom is 0.245 e. The highest BCUT2D eigenvalue weighted by atomic mass is 16.5. The van der Waals surface area contributed by atoms with Gasteiger partial charge in [0, 0.05) is 41.0 Å². The van der Waals surface area contributed by atoms with Crippen molar-refractivity contribution in [2.45, 2.75) is 41.5 Å². The quantitative estimate of drug-likeness (QED) is 0.151. The van der Waals surface area contributed by atoms with Gasteiger partial charge in [-0.05, 0) is 94.5 Å². The summed E-state index contributed by atoms with van der Waals surface area (Å²) in [6.07, 6.45) is 5.87. The average molecular weight is 813 g/mol. The van der Waals surface area contributed by atoms with Gasteiger partial charge in [-0.15, -0.1) is 0 Å². The molecule has 7 heteroatoms. The summed E-state index contributed by atoms with van der Waals surface area (Å²) in [6, 6.07) is 54.8. The fourth-order valence-corrected chi connectivity index (χ4v) is 10.7. The van der Waals surface area contributed by atoms with Gasteiger partial charge in [0.2, 0.25) is 13.4 Å². The molecule has 0 saturated heterocycles. The fraction of sp³-hybridized carbons (Fsp3) is 0.107. The zero-order valence-corrected chi connectivity index (χ0v) is 36.5. The number of nitrogens with zero attached hydrogens (tertiary/aromatic N) is 4. The van der Waals surface area contributed by atoms with Crippen molar-refractivity contribution >= 4 is 68.0 Å². The Hall–Kier alpha value is -7.37. The first kappa shape index (κ1) is 38.5. The molecule has 63 heavy (non-hydrogen) atoms. The molecule has 0 fully saturated rings. The van der Waals surface area contributed by atoms with E-state index in [1.54, 1.807) is 0 Å². The molecule has 1 aliphatic heterocycles. The van der Waals surface area contributed by atoms with Crippen molar-refractivity contribution in [2.24, 2.45) is 0 Å². The molecule has 10 aromatic rings. The van der Waals surface area contributed by atoms with Gasteiger partial charge in [0.1, 0.15) is 23.1 Å². The largest absolute Gasteiger partial charge is 0.458 e. The minimum Gasteiger partial charge on any atom is -0.458 e. The Labute approximate surface area is 369 Å². The van der Waals surface area contributed by atoms with Gasteiger partial charge in [-0.1, -0.05) is 159 Å². The van der Waals surface area contributed by atoms with Crippen LogP contribution in [0.1, 0.15) is 33.4 Å². The molecule has 0 radical (unpaired) electrons. The number of rotatable bonds is 7. The molecule has 0 spiro atoms. The Morgan fingerprint density at radius 3 is 1.75 bits per heavy atom. The van der Waals surface area contributed by atoms with Crippen LogP contribution in [-0.2, 0) is 0 Å². The van der Waals surface area contributed by atoms with E-state index in [1.807, 2.05) is 24.5 Å². The lowest BCUT2D eigenvalue weighted by molar-refractivity contribution is 0.487.